The van der Waals surface area contributed by atoms with Crippen LogP contribution in [0.1, 0.15) is 19.5 Å². The van der Waals surface area contributed by atoms with Crippen LogP contribution >= 0.6 is 0 Å². The number of hydrogen-bond acceptors (Lipinski definition) is 4. The van der Waals surface area contributed by atoms with Gasteiger partial charge in [-0.05, 0) is 5.92 Å². The van der Waals surface area contributed by atoms with Gasteiger partial charge in [0.2, 0.25) is 5.91 Å². The number of carbonyl (C=O) groups is 2. The first kappa shape index (κ1) is 15.7. The number of H-pyrrole nitrogens is 2. The molecule has 110 valence electrons. The lowest BCUT2D eigenvalue weighted by atomic mass is 9.96. The molecule has 4 N–H and O–H groups in total. The SMILES string of the molecule is CC(C)C(CNC(=O)Cc1cc(=O)[nH]c(=O)[nH]1)C(=O)O. The fourth-order valence-electron chi connectivity index (χ4n) is 1.68. The number of carboxylic acid groups (broad SMARTS) is 1. The van der Waals surface area contributed by atoms with E-state index in [1.807, 2.05) is 4.98 Å². The second-order valence-corrected chi connectivity index (χ2v) is 4.78. The van der Waals surface area contributed by atoms with E-state index in [0.717, 1.165) is 6.07 Å². The normalized spacial score (nSPS) is 12.2. The van der Waals surface area contributed by atoms with Crippen LogP contribution in [0, 0.1) is 11.8 Å². The highest BCUT2D eigenvalue weighted by Gasteiger charge is 2.21. The molecule has 8 heteroatoms. The molecule has 0 aliphatic rings. The Morgan fingerprint density at radius 1 is 1.30 bits per heavy atom. The van der Waals surface area contributed by atoms with Crippen LogP contribution in [0.3, 0.4) is 0 Å². The Kier molecular flexibility index (Phi) is 5.24. The predicted molar refractivity (Wildman–Crippen MR) is 70.4 cm³/mol. The van der Waals surface area contributed by atoms with Gasteiger partial charge in [-0.1, -0.05) is 13.8 Å². The van der Waals surface area contributed by atoms with Crippen molar-refractivity contribution in [3.8, 4) is 0 Å². The molecule has 0 saturated carbocycles. The van der Waals surface area contributed by atoms with Gasteiger partial charge in [-0.15, -0.1) is 0 Å². The highest BCUT2D eigenvalue weighted by molar-refractivity contribution is 5.79. The molecule has 0 bridgehead atoms. The zero-order valence-electron chi connectivity index (χ0n) is 11.2. The van der Waals surface area contributed by atoms with E-state index >= 15 is 0 Å². The van der Waals surface area contributed by atoms with E-state index in [-0.39, 0.29) is 24.6 Å². The summed E-state index contributed by atoms with van der Waals surface area (Å²) in [5.41, 5.74) is -1.11. The third-order valence-electron chi connectivity index (χ3n) is 2.81. The van der Waals surface area contributed by atoms with Crippen LogP contribution in [0.15, 0.2) is 15.7 Å². The van der Waals surface area contributed by atoms with Gasteiger partial charge in [0.15, 0.2) is 0 Å². The van der Waals surface area contributed by atoms with Gasteiger partial charge < -0.3 is 15.4 Å². The number of amides is 1. The molecule has 20 heavy (non-hydrogen) atoms. The molecule has 1 aromatic heterocycles. The first-order chi connectivity index (χ1) is 9.29. The zero-order valence-corrected chi connectivity index (χ0v) is 11.2. The number of aliphatic carboxylic acids is 1. The van der Waals surface area contributed by atoms with Gasteiger partial charge in [0.1, 0.15) is 0 Å². The summed E-state index contributed by atoms with van der Waals surface area (Å²) in [6.45, 7) is 3.50. The number of aromatic amines is 2. The second-order valence-electron chi connectivity index (χ2n) is 4.78. The minimum absolute atomic E-state index is 0.000738. The molecular weight excluding hydrogens is 266 g/mol. The summed E-state index contributed by atoms with van der Waals surface area (Å²) in [4.78, 5) is 49.0. The third kappa shape index (κ3) is 4.71. The van der Waals surface area contributed by atoms with Crippen molar-refractivity contribution in [1.82, 2.24) is 15.3 Å². The van der Waals surface area contributed by atoms with Crippen LogP contribution in [0.4, 0.5) is 0 Å². The summed E-state index contributed by atoms with van der Waals surface area (Å²) in [5.74, 6) is -2.24. The maximum absolute atomic E-state index is 11.6. The molecule has 8 nitrogen and oxygen atoms in total. The molecule has 0 aliphatic carbocycles. The van der Waals surface area contributed by atoms with Crippen molar-refractivity contribution in [3.05, 3.63) is 32.6 Å². The summed E-state index contributed by atoms with van der Waals surface area (Å²) < 4.78 is 0. The second kappa shape index (κ2) is 6.69. The molecule has 0 spiro atoms. The smallest absolute Gasteiger partial charge is 0.325 e. The molecule has 0 radical (unpaired) electrons. The first-order valence-electron chi connectivity index (χ1n) is 6.11. The number of carbonyl (C=O) groups excluding carboxylic acids is 1. The quantitative estimate of drug-likeness (QED) is 0.536. The maximum Gasteiger partial charge on any atom is 0.325 e. The average Bonchev–Trinajstić information content (AvgIpc) is 2.26. The minimum Gasteiger partial charge on any atom is -0.481 e. The van der Waals surface area contributed by atoms with Crippen LogP contribution in [0.2, 0.25) is 0 Å². The van der Waals surface area contributed by atoms with E-state index < -0.39 is 29.0 Å². The molecular formula is C12H17N3O5. The van der Waals surface area contributed by atoms with Gasteiger partial charge in [-0.2, -0.15) is 0 Å². The number of carboxylic acids is 1. The highest BCUT2D eigenvalue weighted by atomic mass is 16.4. The molecule has 1 rings (SSSR count). The topological polar surface area (TPSA) is 132 Å². The number of aromatic nitrogens is 2. The Hall–Kier alpha value is -2.38. The van der Waals surface area contributed by atoms with Gasteiger partial charge in [0, 0.05) is 18.3 Å². The van der Waals surface area contributed by atoms with Crippen LogP contribution in [-0.4, -0.2) is 33.5 Å². The standard InChI is InChI=1S/C12H17N3O5/c1-6(2)8(11(18)19)5-13-9(16)3-7-4-10(17)15-12(20)14-7/h4,6,8H,3,5H2,1-2H3,(H,13,16)(H,18,19)(H2,14,15,17,20). The van der Waals surface area contributed by atoms with Gasteiger partial charge in [-0.25, -0.2) is 4.79 Å². The molecule has 0 saturated heterocycles. The average molecular weight is 283 g/mol. The Balaban J connectivity index is 2.62. The molecule has 1 aromatic rings. The molecule has 0 aliphatic heterocycles. The summed E-state index contributed by atoms with van der Waals surface area (Å²) in [7, 11) is 0. The van der Waals surface area contributed by atoms with Crippen LogP contribution in [-0.2, 0) is 16.0 Å². The van der Waals surface area contributed by atoms with Crippen molar-refractivity contribution < 1.29 is 14.7 Å². The fraction of sp³-hybridized carbons (Fsp3) is 0.500. The summed E-state index contributed by atoms with van der Waals surface area (Å²) in [6.07, 6.45) is -0.191. The molecule has 0 aromatic carbocycles. The molecule has 1 atom stereocenters. The Labute approximate surface area is 114 Å². The summed E-state index contributed by atoms with van der Waals surface area (Å²) >= 11 is 0. The lowest BCUT2D eigenvalue weighted by molar-refractivity contribution is -0.143. The molecule has 1 unspecified atom stereocenters. The van der Waals surface area contributed by atoms with Gasteiger partial charge in [-0.3, -0.25) is 19.4 Å². The van der Waals surface area contributed by atoms with Gasteiger partial charge >= 0.3 is 11.7 Å². The fourth-order valence-corrected chi connectivity index (χ4v) is 1.68. The van der Waals surface area contributed by atoms with Crippen molar-refractivity contribution >= 4 is 11.9 Å². The van der Waals surface area contributed by atoms with Gasteiger partial charge in [0.25, 0.3) is 5.56 Å². The van der Waals surface area contributed by atoms with E-state index in [0.29, 0.717) is 0 Å². The largest absolute Gasteiger partial charge is 0.481 e. The summed E-state index contributed by atoms with van der Waals surface area (Å²) in [5, 5.41) is 11.5. The molecule has 0 fully saturated rings. The van der Waals surface area contributed by atoms with E-state index in [4.69, 9.17) is 5.11 Å². The Morgan fingerprint density at radius 2 is 1.95 bits per heavy atom. The Bertz CT molecular complexity index is 573. The zero-order chi connectivity index (χ0) is 15.3. The molecule has 1 amide bonds. The molecule has 1 heterocycles. The van der Waals surface area contributed by atoms with Crippen LogP contribution < -0.4 is 16.6 Å². The summed E-state index contributed by atoms with van der Waals surface area (Å²) in [6, 6.07) is 1.11. The van der Waals surface area contributed by atoms with Crippen molar-refractivity contribution in [2.75, 3.05) is 6.54 Å². The predicted octanol–water partition coefficient (Wildman–Crippen LogP) is -0.921. The van der Waals surface area contributed by atoms with E-state index in [2.05, 4.69) is 10.3 Å². The number of rotatable bonds is 6. The van der Waals surface area contributed by atoms with Crippen LogP contribution in [0.5, 0.6) is 0 Å². The van der Waals surface area contributed by atoms with Crippen LogP contribution in [0.25, 0.3) is 0 Å². The van der Waals surface area contributed by atoms with Crippen molar-refractivity contribution in [2.45, 2.75) is 20.3 Å². The van der Waals surface area contributed by atoms with Crippen molar-refractivity contribution in [2.24, 2.45) is 11.8 Å². The highest BCUT2D eigenvalue weighted by Crippen LogP contribution is 2.09. The maximum atomic E-state index is 11.6. The van der Waals surface area contributed by atoms with E-state index in [1.54, 1.807) is 13.8 Å². The van der Waals surface area contributed by atoms with E-state index in [1.165, 1.54) is 0 Å². The number of hydrogen-bond donors (Lipinski definition) is 4. The minimum atomic E-state index is -0.982. The van der Waals surface area contributed by atoms with Crippen molar-refractivity contribution in [1.29, 1.82) is 0 Å². The number of nitrogens with one attached hydrogen (secondary N) is 3. The Morgan fingerprint density at radius 3 is 2.45 bits per heavy atom. The van der Waals surface area contributed by atoms with Crippen molar-refractivity contribution in [3.63, 3.8) is 0 Å². The first-order valence-corrected chi connectivity index (χ1v) is 6.11. The third-order valence-corrected chi connectivity index (χ3v) is 2.81. The van der Waals surface area contributed by atoms with Gasteiger partial charge in [0.05, 0.1) is 12.3 Å². The lowest BCUT2D eigenvalue weighted by Gasteiger charge is -2.16. The lowest BCUT2D eigenvalue weighted by Crippen LogP contribution is -2.36. The van der Waals surface area contributed by atoms with E-state index in [9.17, 15) is 19.2 Å². The monoisotopic (exact) mass is 283 g/mol.